The van der Waals surface area contributed by atoms with E-state index < -0.39 is 0 Å². The molecule has 1 N–H and O–H groups in total. The molecule has 0 aromatic heterocycles. The van der Waals surface area contributed by atoms with Gasteiger partial charge in [-0.15, -0.1) is 0 Å². The third-order valence-corrected chi connectivity index (χ3v) is 1.83. The minimum atomic E-state index is 0. The van der Waals surface area contributed by atoms with Crippen LogP contribution in [0.15, 0.2) is 0 Å². The zero-order chi connectivity index (χ0) is 6.69. The van der Waals surface area contributed by atoms with Crippen LogP contribution < -0.4 is 5.32 Å². The average molecular weight is 129 g/mol. The number of hydrogen-bond donors (Lipinski definition) is 1. The van der Waals surface area contributed by atoms with Crippen molar-refractivity contribution in [1.29, 1.82) is 0 Å². The molecule has 0 aromatic carbocycles. The molecule has 0 bridgehead atoms. The van der Waals surface area contributed by atoms with Gasteiger partial charge in [0.15, 0.2) is 0 Å². The van der Waals surface area contributed by atoms with Gasteiger partial charge < -0.3 is 5.32 Å². The number of nitrogens with one attached hydrogen (secondary N) is 1. The Labute approximate surface area is 57.1 Å². The Bertz CT molecular complexity index is 112. The van der Waals surface area contributed by atoms with Gasteiger partial charge in [0.25, 0.3) is 0 Å². The van der Waals surface area contributed by atoms with Crippen molar-refractivity contribution in [1.82, 2.24) is 5.32 Å². The molecule has 0 saturated heterocycles. The predicted octanol–water partition coefficient (Wildman–Crippen LogP) is 1.17. The summed E-state index contributed by atoms with van der Waals surface area (Å²) in [6.07, 6.45) is 3.44. The summed E-state index contributed by atoms with van der Waals surface area (Å²) in [5.74, 6) is 0.605. The van der Waals surface area contributed by atoms with Crippen LogP contribution in [0.25, 0.3) is 0 Å². The van der Waals surface area contributed by atoms with E-state index in [1.54, 1.807) is 0 Å². The highest BCUT2D eigenvalue weighted by atomic mass is 16.1. The predicted molar refractivity (Wildman–Crippen MR) is 38.1 cm³/mol. The van der Waals surface area contributed by atoms with Crippen LogP contribution in [-0.4, -0.2) is 12.5 Å². The number of rotatable bonds is 2. The van der Waals surface area contributed by atoms with E-state index in [0.29, 0.717) is 5.92 Å². The summed E-state index contributed by atoms with van der Waals surface area (Å²) >= 11 is 0. The molecule has 2 nitrogen and oxygen atoms in total. The highest BCUT2D eigenvalue weighted by Gasteiger charge is 2.23. The minimum absolute atomic E-state index is 0. The Morgan fingerprint density at radius 1 is 1.78 bits per heavy atom. The van der Waals surface area contributed by atoms with Gasteiger partial charge in [0.1, 0.15) is 0 Å². The highest BCUT2D eigenvalue weighted by Crippen LogP contribution is 2.25. The fourth-order valence-electron chi connectivity index (χ4n) is 0.989. The molecule has 1 rings (SSSR count). The summed E-state index contributed by atoms with van der Waals surface area (Å²) < 4.78 is 0. The van der Waals surface area contributed by atoms with E-state index in [4.69, 9.17) is 0 Å². The van der Waals surface area contributed by atoms with E-state index >= 15 is 0 Å². The van der Waals surface area contributed by atoms with Crippen molar-refractivity contribution in [2.24, 2.45) is 5.92 Å². The minimum Gasteiger partial charge on any atom is -0.356 e. The van der Waals surface area contributed by atoms with Crippen LogP contribution in [0.1, 0.15) is 27.6 Å². The van der Waals surface area contributed by atoms with Gasteiger partial charge >= 0.3 is 0 Å². The summed E-state index contributed by atoms with van der Waals surface area (Å²) in [6.45, 7) is 2.73. The largest absolute Gasteiger partial charge is 0.356 e. The molecule has 0 radical (unpaired) electrons. The van der Waals surface area contributed by atoms with Crippen LogP contribution in [-0.2, 0) is 4.79 Å². The van der Waals surface area contributed by atoms with Crippen molar-refractivity contribution < 1.29 is 6.22 Å². The molecule has 1 saturated carbocycles. The second-order valence-corrected chi connectivity index (χ2v) is 2.52. The van der Waals surface area contributed by atoms with Gasteiger partial charge in [-0.3, -0.25) is 4.79 Å². The van der Waals surface area contributed by atoms with Crippen LogP contribution in [0.5, 0.6) is 0 Å². The molecule has 0 heterocycles. The standard InChI is InChI=1S/C7H13NO.H2/c1-2-8-7(9)6-4-3-5-6;/h6H,2-5H2,1H3,(H,8,9);1H. The molecule has 1 amide bonds. The molecule has 0 spiro atoms. The van der Waals surface area contributed by atoms with Crippen molar-refractivity contribution >= 4 is 5.91 Å². The van der Waals surface area contributed by atoms with Crippen LogP contribution >= 0.6 is 0 Å². The van der Waals surface area contributed by atoms with Gasteiger partial charge in [0.05, 0.1) is 0 Å². The smallest absolute Gasteiger partial charge is 0.223 e. The maximum Gasteiger partial charge on any atom is 0.223 e. The molecule has 9 heavy (non-hydrogen) atoms. The second kappa shape index (κ2) is 2.85. The Kier molecular flexibility index (Phi) is 2.09. The first-order valence-corrected chi connectivity index (χ1v) is 3.62. The third-order valence-electron chi connectivity index (χ3n) is 1.83. The van der Waals surface area contributed by atoms with E-state index in [2.05, 4.69) is 5.32 Å². The van der Waals surface area contributed by atoms with E-state index in [1.165, 1.54) is 6.42 Å². The molecular weight excluding hydrogens is 114 g/mol. The van der Waals surface area contributed by atoms with Gasteiger partial charge in [0.2, 0.25) is 5.91 Å². The Hall–Kier alpha value is -0.530. The van der Waals surface area contributed by atoms with Crippen LogP contribution in [0, 0.1) is 5.92 Å². The van der Waals surface area contributed by atoms with Crippen molar-refractivity contribution in [2.75, 3.05) is 6.54 Å². The van der Waals surface area contributed by atoms with E-state index in [1.807, 2.05) is 6.92 Å². The summed E-state index contributed by atoms with van der Waals surface area (Å²) in [4.78, 5) is 10.9. The third kappa shape index (κ3) is 1.44. The number of amides is 1. The highest BCUT2D eigenvalue weighted by molar-refractivity contribution is 5.79. The summed E-state index contributed by atoms with van der Waals surface area (Å²) in [5.41, 5.74) is 0. The maximum atomic E-state index is 10.9. The number of carbonyl (C=O) groups is 1. The van der Waals surface area contributed by atoms with Gasteiger partial charge in [-0.25, -0.2) is 0 Å². The summed E-state index contributed by atoms with van der Waals surface area (Å²) in [7, 11) is 0. The molecule has 1 aliphatic carbocycles. The van der Waals surface area contributed by atoms with E-state index in [-0.39, 0.29) is 7.33 Å². The lowest BCUT2D eigenvalue weighted by Gasteiger charge is -2.23. The first kappa shape index (κ1) is 6.59. The lowest BCUT2D eigenvalue weighted by Crippen LogP contribution is -2.34. The van der Waals surface area contributed by atoms with Crippen LogP contribution in [0.3, 0.4) is 0 Å². The summed E-state index contributed by atoms with van der Waals surface area (Å²) in [5, 5.41) is 2.81. The molecule has 1 fully saturated rings. The van der Waals surface area contributed by atoms with Crippen LogP contribution in [0.2, 0.25) is 0 Å². The Balaban J connectivity index is 0.000000810. The van der Waals surface area contributed by atoms with Gasteiger partial charge in [-0.1, -0.05) is 6.42 Å². The first-order valence-electron chi connectivity index (χ1n) is 3.62. The molecule has 0 atom stereocenters. The number of hydrogen-bond acceptors (Lipinski definition) is 1. The molecule has 0 aliphatic heterocycles. The monoisotopic (exact) mass is 129 g/mol. The van der Waals surface area contributed by atoms with Crippen LogP contribution in [0.4, 0.5) is 0 Å². The molecule has 0 aromatic rings. The van der Waals surface area contributed by atoms with Gasteiger partial charge in [-0.05, 0) is 19.8 Å². The lowest BCUT2D eigenvalue weighted by molar-refractivity contribution is -0.127. The Morgan fingerprint density at radius 2 is 2.44 bits per heavy atom. The molecular formula is C7H15NO. The normalized spacial score (nSPS) is 18.8. The van der Waals surface area contributed by atoms with Gasteiger partial charge in [0, 0.05) is 13.9 Å². The van der Waals surface area contributed by atoms with Crippen molar-refractivity contribution in [3.8, 4) is 0 Å². The maximum absolute atomic E-state index is 10.9. The molecule has 0 unspecified atom stereocenters. The quantitative estimate of drug-likeness (QED) is 0.595. The zero-order valence-electron chi connectivity index (χ0n) is 5.81. The van der Waals surface area contributed by atoms with E-state index in [0.717, 1.165) is 19.4 Å². The SMILES string of the molecule is CCNC(=O)C1CCC1.[HH]. The topological polar surface area (TPSA) is 29.1 Å². The summed E-state index contributed by atoms with van der Waals surface area (Å²) in [6, 6.07) is 0. The zero-order valence-corrected chi connectivity index (χ0v) is 5.81. The Morgan fingerprint density at radius 3 is 2.78 bits per heavy atom. The first-order chi connectivity index (χ1) is 4.34. The second-order valence-electron chi connectivity index (χ2n) is 2.52. The van der Waals surface area contributed by atoms with Crippen molar-refractivity contribution in [2.45, 2.75) is 26.2 Å². The molecule has 54 valence electrons. The fraction of sp³-hybridized carbons (Fsp3) is 0.857. The number of carbonyl (C=O) groups excluding carboxylic acids is 1. The van der Waals surface area contributed by atoms with Crippen molar-refractivity contribution in [3.05, 3.63) is 0 Å². The lowest BCUT2D eigenvalue weighted by atomic mass is 9.85. The fourth-order valence-corrected chi connectivity index (χ4v) is 0.989. The van der Waals surface area contributed by atoms with E-state index in [9.17, 15) is 4.79 Å². The van der Waals surface area contributed by atoms with Crippen molar-refractivity contribution in [3.63, 3.8) is 0 Å². The average Bonchev–Trinajstić information content (AvgIpc) is 1.60. The molecule has 1 aliphatic rings. The molecule has 2 heteroatoms. The van der Waals surface area contributed by atoms with Gasteiger partial charge in [-0.2, -0.15) is 0 Å².